The van der Waals surface area contributed by atoms with E-state index in [0.717, 1.165) is 36.8 Å². The van der Waals surface area contributed by atoms with Gasteiger partial charge in [-0.15, -0.1) is 0 Å². The number of rotatable bonds is 5. The number of benzene rings is 3. The number of aliphatic hydroxyl groups is 3. The summed E-state index contributed by atoms with van der Waals surface area (Å²) < 4.78 is 12.2. The molecule has 0 aromatic heterocycles. The Balaban J connectivity index is 1.32. The number of phenolic OH excluding ortho intramolecular Hbond substituents is 1. The molecule has 3 aromatic carbocycles. The van der Waals surface area contributed by atoms with Crippen LogP contribution in [0.3, 0.4) is 0 Å². The topological polar surface area (TPSA) is 163 Å². The SMILES string of the molecule is CC(O)CNc1cc(CO)cc(C2C#CC3CC(=O)Oc4cc(O)c(cc43)CC3OC(=O)C(=CCC4(CCCC4)c4cccc(c4)CC4CC(CCC4=O)C3(C)O)C2)c1. The van der Waals surface area contributed by atoms with E-state index in [1.807, 2.05) is 24.3 Å². The van der Waals surface area contributed by atoms with Crippen LogP contribution in [0.15, 0.2) is 66.2 Å². The maximum absolute atomic E-state index is 15.0. The van der Waals surface area contributed by atoms with E-state index in [1.165, 1.54) is 11.6 Å². The molecular formula is C49H55NO9. The predicted molar refractivity (Wildman–Crippen MR) is 222 cm³/mol. The van der Waals surface area contributed by atoms with Gasteiger partial charge >= 0.3 is 11.9 Å². The quantitative estimate of drug-likeness (QED) is 0.105. The Morgan fingerprint density at radius 1 is 0.966 bits per heavy atom. The lowest BCUT2D eigenvalue weighted by Crippen LogP contribution is -2.52. The number of ketones is 1. The predicted octanol–water partition coefficient (Wildman–Crippen LogP) is 6.84. The van der Waals surface area contributed by atoms with E-state index >= 15 is 0 Å². The molecule has 7 atom stereocenters. The number of hydrogen-bond acceptors (Lipinski definition) is 10. The second-order valence-electron chi connectivity index (χ2n) is 17.9. The van der Waals surface area contributed by atoms with Crippen molar-refractivity contribution in [2.75, 3.05) is 11.9 Å². The zero-order valence-electron chi connectivity index (χ0n) is 34.0. The molecule has 2 aliphatic carbocycles. The van der Waals surface area contributed by atoms with Crippen molar-refractivity contribution in [1.29, 1.82) is 0 Å². The summed E-state index contributed by atoms with van der Waals surface area (Å²) in [5.41, 5.74) is 3.89. The third-order valence-corrected chi connectivity index (χ3v) is 13.7. The molecule has 7 unspecified atom stereocenters. The molecule has 0 radical (unpaired) electrons. The van der Waals surface area contributed by atoms with Crippen LogP contribution in [-0.4, -0.2) is 62.5 Å². The summed E-state index contributed by atoms with van der Waals surface area (Å²) in [6, 6.07) is 17.3. The van der Waals surface area contributed by atoms with Gasteiger partial charge in [0, 0.05) is 54.1 Å². The monoisotopic (exact) mass is 801 g/mol. The number of carbonyl (C=O) groups excluding carboxylic acids is 3. The number of ether oxygens (including phenoxy) is 2. The van der Waals surface area contributed by atoms with E-state index in [1.54, 1.807) is 19.9 Å². The van der Waals surface area contributed by atoms with Gasteiger partial charge in [-0.05, 0) is 116 Å². The summed E-state index contributed by atoms with van der Waals surface area (Å²) in [7, 11) is 0. The number of Topliss-reactive ketones (excluding diaryl/α,β-unsaturated/α-hetero) is 1. The molecule has 8 bridgehead atoms. The summed E-state index contributed by atoms with van der Waals surface area (Å²) in [6.45, 7) is 3.39. The van der Waals surface area contributed by atoms with E-state index in [4.69, 9.17) is 9.47 Å². The van der Waals surface area contributed by atoms with Gasteiger partial charge in [0.15, 0.2) is 0 Å². The number of hydrogen-bond donors (Lipinski definition) is 5. The first-order chi connectivity index (χ1) is 28.3. The van der Waals surface area contributed by atoms with Crippen LogP contribution in [0.5, 0.6) is 11.5 Å². The number of aliphatic hydroxyl groups excluding tert-OH is 2. The minimum absolute atomic E-state index is 0.0207. The lowest BCUT2D eigenvalue weighted by atomic mass is 9.68. The number of phenols is 1. The molecule has 3 aromatic rings. The number of esters is 2. The van der Waals surface area contributed by atoms with E-state index in [2.05, 4.69) is 41.4 Å². The normalized spacial score (nSPS) is 28.3. The van der Waals surface area contributed by atoms with Crippen molar-refractivity contribution >= 4 is 23.4 Å². The molecule has 310 valence electrons. The summed E-state index contributed by atoms with van der Waals surface area (Å²) in [4.78, 5) is 41.5. The van der Waals surface area contributed by atoms with Gasteiger partial charge in [0.25, 0.3) is 0 Å². The van der Waals surface area contributed by atoms with Crippen LogP contribution >= 0.6 is 0 Å². The van der Waals surface area contributed by atoms with Gasteiger partial charge in [-0.25, -0.2) is 4.79 Å². The van der Waals surface area contributed by atoms with Crippen LogP contribution in [0.25, 0.3) is 0 Å². The summed E-state index contributed by atoms with van der Waals surface area (Å²) >= 11 is 0. The van der Waals surface area contributed by atoms with Crippen molar-refractivity contribution in [2.24, 2.45) is 11.8 Å². The van der Waals surface area contributed by atoms with Crippen LogP contribution in [0, 0.1) is 23.7 Å². The fourth-order valence-electron chi connectivity index (χ4n) is 10.2. The second kappa shape index (κ2) is 16.6. The van der Waals surface area contributed by atoms with Gasteiger partial charge in [-0.3, -0.25) is 9.59 Å². The average molecular weight is 802 g/mol. The molecule has 5 N–H and O–H groups in total. The Morgan fingerprint density at radius 2 is 1.76 bits per heavy atom. The average Bonchev–Trinajstić information content (AvgIpc) is 3.70. The van der Waals surface area contributed by atoms with E-state index in [0.29, 0.717) is 60.1 Å². The highest BCUT2D eigenvalue weighted by molar-refractivity contribution is 5.89. The Hall–Kier alpha value is -4.95. The third kappa shape index (κ3) is 8.57. The van der Waals surface area contributed by atoms with Crippen molar-refractivity contribution in [2.45, 2.75) is 133 Å². The number of carbonyl (C=O) groups is 3. The molecule has 2 fully saturated rings. The van der Waals surface area contributed by atoms with E-state index < -0.39 is 41.6 Å². The first-order valence-electron chi connectivity index (χ1n) is 21.3. The Morgan fingerprint density at radius 3 is 2.54 bits per heavy atom. The van der Waals surface area contributed by atoms with Crippen molar-refractivity contribution in [3.8, 4) is 23.3 Å². The maximum Gasteiger partial charge on any atom is 0.334 e. The molecule has 3 aliphatic heterocycles. The Labute approximate surface area is 346 Å². The fourth-order valence-corrected chi connectivity index (χ4v) is 10.2. The summed E-state index contributed by atoms with van der Waals surface area (Å²) in [5.74, 6) is 4.06. The maximum atomic E-state index is 15.0. The van der Waals surface area contributed by atoms with E-state index in [-0.39, 0.29) is 66.9 Å². The molecule has 2 saturated carbocycles. The fraction of sp³-hybridized carbons (Fsp3) is 0.490. The van der Waals surface area contributed by atoms with E-state index in [9.17, 15) is 34.8 Å². The molecule has 8 rings (SSSR count). The molecule has 5 aliphatic rings. The first-order valence-corrected chi connectivity index (χ1v) is 21.3. The van der Waals surface area contributed by atoms with Crippen LogP contribution in [0.4, 0.5) is 5.69 Å². The number of anilines is 1. The molecule has 0 saturated heterocycles. The molecule has 0 amide bonds. The Kier molecular flexibility index (Phi) is 11.5. The third-order valence-electron chi connectivity index (χ3n) is 13.7. The molecule has 3 heterocycles. The molecule has 10 heteroatoms. The number of nitrogens with one attached hydrogen (secondary N) is 1. The molecule has 1 spiro atoms. The van der Waals surface area contributed by atoms with Crippen molar-refractivity contribution in [3.63, 3.8) is 0 Å². The largest absolute Gasteiger partial charge is 0.508 e. The first kappa shape index (κ1) is 40.8. The number of allylic oxidation sites excluding steroid dienone is 1. The summed E-state index contributed by atoms with van der Waals surface area (Å²) in [6.07, 6.45) is 6.58. The van der Waals surface area contributed by atoms with Gasteiger partial charge in [-0.1, -0.05) is 61.1 Å². The zero-order chi connectivity index (χ0) is 41.5. The standard InChI is InChI=1S/C49H55NO9/c1-29(52)27-50-40-19-31(28-51)17-35(22-40)32-8-9-33-25-46(55)58-44-26-43(54)37(23-41(33)44)24-45-48(2,57)38-10-11-42(53)36(21-38)16-30-6-5-7-39(18-30)49(13-3-4-14-49)15-12-34(20-32)47(56)59-45/h5-7,12,17-19,22-23,26,29,32-33,36,38,45,50-52,54,57H,3-4,10-11,13-16,20-21,24-25,27-28H2,1-2H3. The van der Waals surface area contributed by atoms with Crippen molar-refractivity contribution < 1.29 is 44.3 Å². The Bertz CT molecular complexity index is 2220. The van der Waals surface area contributed by atoms with Crippen LogP contribution < -0.4 is 10.1 Å². The molecule has 59 heavy (non-hydrogen) atoms. The van der Waals surface area contributed by atoms with Crippen LogP contribution in [-0.2, 0) is 44.0 Å². The van der Waals surface area contributed by atoms with Gasteiger partial charge in [0.05, 0.1) is 25.0 Å². The van der Waals surface area contributed by atoms with Crippen LogP contribution in [0.2, 0.25) is 0 Å². The zero-order valence-corrected chi connectivity index (χ0v) is 34.0. The second-order valence-corrected chi connectivity index (χ2v) is 17.9. The van der Waals surface area contributed by atoms with Gasteiger partial charge in [0.2, 0.25) is 0 Å². The smallest absolute Gasteiger partial charge is 0.334 e. The number of fused-ring (bicyclic) bond motifs is 9. The number of aromatic hydroxyl groups is 1. The lowest BCUT2D eigenvalue weighted by Gasteiger charge is -2.42. The summed E-state index contributed by atoms with van der Waals surface area (Å²) in [5, 5.41) is 47.8. The highest BCUT2D eigenvalue weighted by atomic mass is 16.6. The van der Waals surface area contributed by atoms with Crippen LogP contribution in [0.1, 0.15) is 123 Å². The minimum atomic E-state index is -1.60. The highest BCUT2D eigenvalue weighted by Crippen LogP contribution is 2.47. The van der Waals surface area contributed by atoms with Gasteiger partial charge < -0.3 is 35.2 Å². The van der Waals surface area contributed by atoms with Crippen molar-refractivity contribution in [1.82, 2.24) is 0 Å². The molecule has 10 nitrogen and oxygen atoms in total. The minimum Gasteiger partial charge on any atom is -0.508 e. The lowest BCUT2D eigenvalue weighted by molar-refractivity contribution is -0.170. The van der Waals surface area contributed by atoms with Gasteiger partial charge in [-0.2, -0.15) is 0 Å². The highest BCUT2D eigenvalue weighted by Gasteiger charge is 2.47. The van der Waals surface area contributed by atoms with Crippen molar-refractivity contribution in [3.05, 3.63) is 99.6 Å². The molecular weight excluding hydrogens is 747 g/mol. The van der Waals surface area contributed by atoms with Gasteiger partial charge in [0.1, 0.15) is 29.0 Å².